The molecule has 1 aromatic rings. The molecule has 0 spiro atoms. The highest BCUT2D eigenvalue weighted by Gasteiger charge is 2.07. The fraction of sp³-hybridized carbons (Fsp3) is 0.417. The Hall–Kier alpha value is -0.140. The summed E-state index contributed by atoms with van der Waals surface area (Å²) in [4.78, 5) is 12.0. The van der Waals surface area contributed by atoms with Gasteiger partial charge < -0.3 is 10.1 Å². The van der Waals surface area contributed by atoms with E-state index in [4.69, 9.17) is 4.74 Å². The first kappa shape index (κ1) is 14.9. The normalized spacial score (nSPS) is 12.2. The van der Waals surface area contributed by atoms with E-state index in [1.165, 1.54) is 0 Å². The Balaban J connectivity index is 2.32. The van der Waals surface area contributed by atoms with E-state index in [9.17, 15) is 4.79 Å². The zero-order valence-electron chi connectivity index (χ0n) is 9.58. The van der Waals surface area contributed by atoms with Gasteiger partial charge in [-0.25, -0.2) is 0 Å². The Morgan fingerprint density at radius 1 is 1.47 bits per heavy atom. The number of ether oxygens (including phenoxy) is 1. The van der Waals surface area contributed by atoms with E-state index in [1.54, 1.807) is 7.11 Å². The van der Waals surface area contributed by atoms with E-state index in [0.717, 1.165) is 9.99 Å². The molecule has 1 rings (SSSR count). The van der Waals surface area contributed by atoms with Crippen LogP contribution in [0.25, 0.3) is 0 Å². The van der Waals surface area contributed by atoms with Crippen LogP contribution in [-0.2, 0) is 4.74 Å². The van der Waals surface area contributed by atoms with Gasteiger partial charge in [-0.1, -0.05) is 15.9 Å². The van der Waals surface area contributed by atoms with Gasteiger partial charge in [-0.15, -0.1) is 0 Å². The van der Waals surface area contributed by atoms with E-state index in [0.29, 0.717) is 18.7 Å². The molecule has 94 valence electrons. The molecular weight excluding hydrogens is 397 g/mol. The Bertz CT molecular complexity index is 356. The molecule has 17 heavy (non-hydrogen) atoms. The van der Waals surface area contributed by atoms with Crippen molar-refractivity contribution in [3.8, 4) is 0 Å². The molecule has 0 aliphatic heterocycles. The number of hydrogen-bond acceptors (Lipinski definition) is 2. The van der Waals surface area contributed by atoms with Crippen LogP contribution in [0.2, 0.25) is 0 Å². The minimum absolute atomic E-state index is 0.0292. The smallest absolute Gasteiger partial charge is 0.251 e. The van der Waals surface area contributed by atoms with Crippen LogP contribution in [0.5, 0.6) is 0 Å². The molecule has 1 amide bonds. The largest absolute Gasteiger partial charge is 0.384 e. The summed E-state index contributed by atoms with van der Waals surface area (Å²) in [5.74, 6) is -0.0292. The second-order valence-electron chi connectivity index (χ2n) is 3.60. The minimum atomic E-state index is -0.0292. The third-order valence-corrected chi connectivity index (χ3v) is 3.64. The molecule has 1 unspecified atom stereocenters. The fourth-order valence-corrected chi connectivity index (χ4v) is 2.16. The SMILES string of the molecule is COCC(Br)CCNC(=O)c1ccc(I)cc1. The van der Waals surface area contributed by atoms with Crippen LogP contribution in [0.4, 0.5) is 0 Å². The molecule has 3 nitrogen and oxygen atoms in total. The van der Waals surface area contributed by atoms with Gasteiger partial charge >= 0.3 is 0 Å². The topological polar surface area (TPSA) is 38.3 Å². The Morgan fingerprint density at radius 3 is 2.71 bits per heavy atom. The molecule has 0 saturated carbocycles. The Kier molecular flexibility index (Phi) is 7.06. The molecule has 0 heterocycles. The van der Waals surface area contributed by atoms with E-state index in [-0.39, 0.29) is 10.7 Å². The molecule has 0 radical (unpaired) electrons. The zero-order chi connectivity index (χ0) is 12.7. The van der Waals surface area contributed by atoms with Crippen molar-refractivity contribution >= 4 is 44.4 Å². The van der Waals surface area contributed by atoms with Crippen molar-refractivity contribution in [3.63, 3.8) is 0 Å². The van der Waals surface area contributed by atoms with Gasteiger partial charge in [0.15, 0.2) is 0 Å². The van der Waals surface area contributed by atoms with Gasteiger partial charge in [-0.2, -0.15) is 0 Å². The second-order valence-corrected chi connectivity index (χ2v) is 6.14. The van der Waals surface area contributed by atoms with Crippen LogP contribution >= 0.6 is 38.5 Å². The number of nitrogens with one attached hydrogen (secondary N) is 1. The number of amides is 1. The Labute approximate surface area is 124 Å². The van der Waals surface area contributed by atoms with Gasteiger partial charge in [-0.3, -0.25) is 4.79 Å². The van der Waals surface area contributed by atoms with Crippen molar-refractivity contribution in [1.29, 1.82) is 0 Å². The fourth-order valence-electron chi connectivity index (χ4n) is 1.31. The maximum atomic E-state index is 11.7. The number of carbonyl (C=O) groups excluding carboxylic acids is 1. The number of carbonyl (C=O) groups is 1. The number of halogens is 2. The predicted octanol–water partition coefficient (Wildman–Crippen LogP) is 2.82. The minimum Gasteiger partial charge on any atom is -0.384 e. The zero-order valence-corrected chi connectivity index (χ0v) is 13.3. The monoisotopic (exact) mass is 411 g/mol. The summed E-state index contributed by atoms with van der Waals surface area (Å²) in [5.41, 5.74) is 0.697. The lowest BCUT2D eigenvalue weighted by Crippen LogP contribution is -2.26. The van der Waals surface area contributed by atoms with E-state index >= 15 is 0 Å². The molecule has 1 atom stereocenters. The summed E-state index contributed by atoms with van der Waals surface area (Å²) >= 11 is 5.69. The van der Waals surface area contributed by atoms with Crippen molar-refractivity contribution in [1.82, 2.24) is 5.32 Å². The van der Waals surface area contributed by atoms with E-state index in [1.807, 2.05) is 24.3 Å². The summed E-state index contributed by atoms with van der Waals surface area (Å²) in [5, 5.41) is 2.88. The van der Waals surface area contributed by atoms with Crippen molar-refractivity contribution < 1.29 is 9.53 Å². The average Bonchev–Trinajstić information content (AvgIpc) is 2.30. The van der Waals surface area contributed by atoms with Crippen LogP contribution in [0.15, 0.2) is 24.3 Å². The second kappa shape index (κ2) is 8.05. The highest BCUT2D eigenvalue weighted by Crippen LogP contribution is 2.07. The highest BCUT2D eigenvalue weighted by atomic mass is 127. The molecule has 0 aliphatic rings. The van der Waals surface area contributed by atoms with Crippen molar-refractivity contribution in [2.24, 2.45) is 0 Å². The summed E-state index contributed by atoms with van der Waals surface area (Å²) in [7, 11) is 1.67. The van der Waals surface area contributed by atoms with Gasteiger partial charge in [-0.05, 0) is 53.3 Å². The van der Waals surface area contributed by atoms with Crippen molar-refractivity contribution in [2.45, 2.75) is 11.2 Å². The van der Waals surface area contributed by atoms with Gasteiger partial charge in [0, 0.05) is 27.6 Å². The van der Waals surface area contributed by atoms with Crippen molar-refractivity contribution in [2.75, 3.05) is 20.3 Å². The molecular formula is C12H15BrINO2. The summed E-state index contributed by atoms with van der Waals surface area (Å²) < 4.78 is 6.12. The van der Waals surface area contributed by atoms with Gasteiger partial charge in [0.1, 0.15) is 0 Å². The van der Waals surface area contributed by atoms with E-state index in [2.05, 4.69) is 43.8 Å². The lowest BCUT2D eigenvalue weighted by atomic mass is 10.2. The van der Waals surface area contributed by atoms with Gasteiger partial charge in [0.2, 0.25) is 0 Å². The van der Waals surface area contributed by atoms with Gasteiger partial charge in [0.05, 0.1) is 6.61 Å². The first-order valence-corrected chi connectivity index (χ1v) is 7.29. The van der Waals surface area contributed by atoms with Crippen LogP contribution in [-0.4, -0.2) is 31.0 Å². The molecule has 0 aromatic heterocycles. The molecule has 1 N–H and O–H groups in total. The first-order chi connectivity index (χ1) is 8.13. The maximum absolute atomic E-state index is 11.7. The molecule has 0 fully saturated rings. The predicted molar refractivity (Wildman–Crippen MR) is 80.7 cm³/mol. The molecule has 5 heteroatoms. The molecule has 0 aliphatic carbocycles. The quantitative estimate of drug-likeness (QED) is 0.577. The number of benzene rings is 1. The molecule has 0 bridgehead atoms. The summed E-state index contributed by atoms with van der Waals surface area (Å²) in [6, 6.07) is 7.51. The van der Waals surface area contributed by atoms with Crippen LogP contribution < -0.4 is 5.32 Å². The first-order valence-electron chi connectivity index (χ1n) is 5.30. The van der Waals surface area contributed by atoms with Gasteiger partial charge in [0.25, 0.3) is 5.91 Å². The maximum Gasteiger partial charge on any atom is 0.251 e. The molecule has 0 saturated heterocycles. The lowest BCUT2D eigenvalue weighted by molar-refractivity contribution is 0.0952. The molecule has 1 aromatic carbocycles. The number of alkyl halides is 1. The summed E-state index contributed by atoms with van der Waals surface area (Å²) in [6.45, 7) is 1.30. The third-order valence-electron chi connectivity index (χ3n) is 2.20. The van der Waals surface area contributed by atoms with Crippen LogP contribution in [0.3, 0.4) is 0 Å². The Morgan fingerprint density at radius 2 is 2.12 bits per heavy atom. The number of rotatable bonds is 6. The van der Waals surface area contributed by atoms with Crippen LogP contribution in [0.1, 0.15) is 16.8 Å². The standard InChI is InChI=1S/C12H15BrINO2/c1-17-8-10(13)6-7-15-12(16)9-2-4-11(14)5-3-9/h2-5,10H,6-8H2,1H3,(H,15,16). The number of methoxy groups -OCH3 is 1. The third kappa shape index (κ3) is 5.83. The number of hydrogen-bond donors (Lipinski definition) is 1. The van der Waals surface area contributed by atoms with Crippen molar-refractivity contribution in [3.05, 3.63) is 33.4 Å². The average molecular weight is 412 g/mol. The summed E-state index contributed by atoms with van der Waals surface area (Å²) in [6.07, 6.45) is 0.851. The lowest BCUT2D eigenvalue weighted by Gasteiger charge is -2.09. The van der Waals surface area contributed by atoms with E-state index < -0.39 is 0 Å². The highest BCUT2D eigenvalue weighted by molar-refractivity contribution is 14.1. The van der Waals surface area contributed by atoms with Crippen LogP contribution in [0, 0.1) is 3.57 Å².